The van der Waals surface area contributed by atoms with Crippen molar-refractivity contribution in [2.24, 2.45) is 5.92 Å². The Bertz CT molecular complexity index is 267. The predicted molar refractivity (Wildman–Crippen MR) is 62.4 cm³/mol. The van der Waals surface area contributed by atoms with Crippen LogP contribution >= 0.6 is 11.6 Å². The van der Waals surface area contributed by atoms with Gasteiger partial charge < -0.3 is 15.7 Å². The topological polar surface area (TPSA) is 78.4 Å². The minimum atomic E-state index is -1.03. The molecule has 2 amide bonds. The molecule has 0 rings (SSSR count). The van der Waals surface area contributed by atoms with Gasteiger partial charge in [0.1, 0.15) is 6.04 Å². The summed E-state index contributed by atoms with van der Waals surface area (Å²) in [5.74, 6) is -0.833. The van der Waals surface area contributed by atoms with Crippen LogP contribution in [-0.2, 0) is 4.79 Å². The molecule has 5 nitrogen and oxygen atoms in total. The van der Waals surface area contributed by atoms with Gasteiger partial charge in [0.25, 0.3) is 0 Å². The Morgan fingerprint density at radius 3 is 2.50 bits per heavy atom. The van der Waals surface area contributed by atoms with E-state index in [4.69, 9.17) is 16.7 Å². The molecule has 16 heavy (non-hydrogen) atoms. The average Bonchev–Trinajstić information content (AvgIpc) is 2.16. The van der Waals surface area contributed by atoms with Crippen LogP contribution in [0.4, 0.5) is 4.79 Å². The van der Waals surface area contributed by atoms with Gasteiger partial charge in [0.2, 0.25) is 0 Å². The summed E-state index contributed by atoms with van der Waals surface area (Å²) in [5.41, 5.74) is 1.28. The van der Waals surface area contributed by atoms with Gasteiger partial charge in [-0.2, -0.15) is 0 Å². The first-order valence-corrected chi connectivity index (χ1v) is 5.43. The monoisotopic (exact) mass is 248 g/mol. The Kier molecular flexibility index (Phi) is 7.37. The molecule has 1 unspecified atom stereocenters. The van der Waals surface area contributed by atoms with Crippen LogP contribution < -0.4 is 10.6 Å². The summed E-state index contributed by atoms with van der Waals surface area (Å²) in [7, 11) is 0. The van der Waals surface area contributed by atoms with Crippen molar-refractivity contribution >= 4 is 23.6 Å². The number of hydrogen-bond donors (Lipinski definition) is 3. The molecule has 0 aliphatic rings. The molecule has 0 bridgehead atoms. The number of rotatable bonds is 6. The first-order valence-electron chi connectivity index (χ1n) is 4.99. The number of hydrogen-bond acceptors (Lipinski definition) is 2. The Labute approximate surface area is 99.9 Å². The zero-order valence-corrected chi connectivity index (χ0v) is 10.1. The third kappa shape index (κ3) is 7.11. The molecule has 0 aromatic heterocycles. The molecule has 0 aliphatic carbocycles. The molecule has 6 heteroatoms. The van der Waals surface area contributed by atoms with E-state index in [0.29, 0.717) is 6.42 Å². The highest BCUT2D eigenvalue weighted by Gasteiger charge is 2.20. The zero-order valence-electron chi connectivity index (χ0n) is 9.37. The Morgan fingerprint density at radius 2 is 2.06 bits per heavy atom. The van der Waals surface area contributed by atoms with Crippen LogP contribution in [0.2, 0.25) is 0 Å². The van der Waals surface area contributed by atoms with Crippen molar-refractivity contribution in [3.8, 4) is 0 Å². The van der Waals surface area contributed by atoms with Crippen molar-refractivity contribution in [2.45, 2.75) is 26.3 Å². The second-order valence-corrected chi connectivity index (χ2v) is 3.99. The first-order chi connectivity index (χ1) is 7.47. The fourth-order valence-electron chi connectivity index (χ4n) is 1.10. The lowest BCUT2D eigenvalue weighted by Crippen LogP contribution is -2.46. The lowest BCUT2D eigenvalue weighted by atomic mass is 10.0. The van der Waals surface area contributed by atoms with E-state index in [1.165, 1.54) is 5.54 Å². The number of nitrogens with one attached hydrogen (secondary N) is 2. The molecule has 0 spiro atoms. The Hall–Kier alpha value is -1.23. The molecule has 0 aromatic rings. The van der Waals surface area contributed by atoms with Gasteiger partial charge in [-0.25, -0.2) is 9.59 Å². The molecular weight excluding hydrogens is 232 g/mol. The van der Waals surface area contributed by atoms with Gasteiger partial charge in [-0.05, 0) is 12.3 Å². The van der Waals surface area contributed by atoms with E-state index in [2.05, 4.69) is 10.6 Å². The molecular formula is C10H17ClN2O3. The Balaban J connectivity index is 4.08. The number of aliphatic carboxylic acids is 1. The van der Waals surface area contributed by atoms with Crippen molar-refractivity contribution in [3.05, 3.63) is 11.6 Å². The predicted octanol–water partition coefficient (Wildman–Crippen LogP) is 1.54. The summed E-state index contributed by atoms with van der Waals surface area (Å²) in [5, 5.41) is 13.7. The van der Waals surface area contributed by atoms with E-state index in [1.54, 1.807) is 6.08 Å². The smallest absolute Gasteiger partial charge is 0.326 e. The van der Waals surface area contributed by atoms with E-state index >= 15 is 0 Å². The van der Waals surface area contributed by atoms with Crippen molar-refractivity contribution in [1.29, 1.82) is 0 Å². The summed E-state index contributed by atoms with van der Waals surface area (Å²) in [6.45, 7) is 4.06. The fourth-order valence-corrected chi connectivity index (χ4v) is 1.19. The highest BCUT2D eigenvalue weighted by molar-refractivity contribution is 6.25. The van der Waals surface area contributed by atoms with E-state index in [0.717, 1.165) is 0 Å². The molecule has 0 aliphatic heterocycles. The lowest BCUT2D eigenvalue weighted by molar-refractivity contribution is -0.139. The molecule has 3 N–H and O–H groups in total. The SMILES string of the molecule is CC(C)CC(NC(=O)NC/C=C/Cl)C(=O)O. The van der Waals surface area contributed by atoms with Crippen LogP contribution in [0.15, 0.2) is 11.6 Å². The Morgan fingerprint density at radius 1 is 1.44 bits per heavy atom. The maximum absolute atomic E-state index is 11.3. The molecule has 0 heterocycles. The number of amides is 2. The van der Waals surface area contributed by atoms with Crippen molar-refractivity contribution in [3.63, 3.8) is 0 Å². The normalized spacial score (nSPS) is 12.8. The third-order valence-corrected chi connectivity index (χ3v) is 1.96. The average molecular weight is 249 g/mol. The van der Waals surface area contributed by atoms with Gasteiger partial charge >= 0.3 is 12.0 Å². The minimum Gasteiger partial charge on any atom is -0.480 e. The summed E-state index contributed by atoms with van der Waals surface area (Å²) in [6, 6.07) is -1.37. The molecule has 0 fully saturated rings. The summed E-state index contributed by atoms with van der Waals surface area (Å²) in [6.07, 6.45) is 1.94. The van der Waals surface area contributed by atoms with Crippen LogP contribution in [0.25, 0.3) is 0 Å². The van der Waals surface area contributed by atoms with Crippen molar-refractivity contribution in [1.82, 2.24) is 10.6 Å². The highest BCUT2D eigenvalue weighted by atomic mass is 35.5. The second-order valence-electron chi connectivity index (χ2n) is 3.74. The second kappa shape index (κ2) is 7.98. The van der Waals surface area contributed by atoms with E-state index in [9.17, 15) is 9.59 Å². The van der Waals surface area contributed by atoms with E-state index in [1.807, 2.05) is 13.8 Å². The van der Waals surface area contributed by atoms with Crippen molar-refractivity contribution in [2.75, 3.05) is 6.54 Å². The van der Waals surface area contributed by atoms with Crippen LogP contribution in [0, 0.1) is 5.92 Å². The van der Waals surface area contributed by atoms with Crippen LogP contribution in [-0.4, -0.2) is 29.7 Å². The minimum absolute atomic E-state index is 0.198. The number of carboxylic acid groups (broad SMARTS) is 1. The quantitative estimate of drug-likeness (QED) is 0.667. The third-order valence-electron chi connectivity index (χ3n) is 1.78. The summed E-state index contributed by atoms with van der Waals surface area (Å²) >= 11 is 5.26. The van der Waals surface area contributed by atoms with Gasteiger partial charge in [-0.15, -0.1) is 0 Å². The van der Waals surface area contributed by atoms with Gasteiger partial charge in [0.05, 0.1) is 0 Å². The van der Waals surface area contributed by atoms with E-state index < -0.39 is 18.0 Å². The maximum atomic E-state index is 11.3. The number of carbonyl (C=O) groups is 2. The number of carboxylic acids is 1. The van der Waals surface area contributed by atoms with Gasteiger partial charge in [-0.3, -0.25) is 0 Å². The molecule has 92 valence electrons. The highest BCUT2D eigenvalue weighted by Crippen LogP contribution is 2.04. The standard InChI is InChI=1S/C10H17ClN2O3/c1-7(2)6-8(9(14)15)13-10(16)12-5-3-4-11/h3-4,7-8H,5-6H2,1-2H3,(H,14,15)(H2,12,13,16)/b4-3+. The van der Waals surface area contributed by atoms with Gasteiger partial charge in [0, 0.05) is 12.1 Å². The largest absolute Gasteiger partial charge is 0.480 e. The van der Waals surface area contributed by atoms with Gasteiger partial charge in [-0.1, -0.05) is 31.5 Å². The number of urea groups is 1. The molecule has 0 saturated heterocycles. The first kappa shape index (κ1) is 14.8. The lowest BCUT2D eigenvalue weighted by Gasteiger charge is -2.16. The van der Waals surface area contributed by atoms with Crippen LogP contribution in [0.5, 0.6) is 0 Å². The molecule has 0 aromatic carbocycles. The van der Waals surface area contributed by atoms with Gasteiger partial charge in [0.15, 0.2) is 0 Å². The van der Waals surface area contributed by atoms with E-state index in [-0.39, 0.29) is 12.5 Å². The fraction of sp³-hybridized carbons (Fsp3) is 0.600. The number of halogens is 1. The summed E-state index contributed by atoms with van der Waals surface area (Å²) < 4.78 is 0. The van der Waals surface area contributed by atoms with Crippen LogP contribution in [0.1, 0.15) is 20.3 Å². The van der Waals surface area contributed by atoms with Crippen molar-refractivity contribution < 1.29 is 14.7 Å². The molecule has 0 radical (unpaired) electrons. The maximum Gasteiger partial charge on any atom is 0.326 e. The summed E-state index contributed by atoms with van der Waals surface area (Å²) in [4.78, 5) is 22.1. The number of carbonyl (C=O) groups excluding carboxylic acids is 1. The molecule has 0 saturated carbocycles. The van der Waals surface area contributed by atoms with Crippen LogP contribution in [0.3, 0.4) is 0 Å². The molecule has 1 atom stereocenters. The zero-order chi connectivity index (χ0) is 12.6.